The lowest BCUT2D eigenvalue weighted by Crippen LogP contribution is -2.32. The van der Waals surface area contributed by atoms with Gasteiger partial charge in [0.15, 0.2) is 0 Å². The van der Waals surface area contributed by atoms with Crippen molar-refractivity contribution in [1.82, 2.24) is 10.6 Å². The van der Waals surface area contributed by atoms with Crippen molar-refractivity contribution in [2.75, 3.05) is 19.7 Å². The van der Waals surface area contributed by atoms with E-state index in [9.17, 15) is 14.4 Å². The number of fused-ring (bicyclic) bond motifs is 3. The van der Waals surface area contributed by atoms with Gasteiger partial charge in [0.2, 0.25) is 5.91 Å². The van der Waals surface area contributed by atoms with Gasteiger partial charge < -0.3 is 20.5 Å². The van der Waals surface area contributed by atoms with E-state index in [0.29, 0.717) is 32.4 Å². The Morgan fingerprint density at radius 3 is 2.27 bits per heavy atom. The minimum absolute atomic E-state index is 0.0269. The summed E-state index contributed by atoms with van der Waals surface area (Å²) in [5.74, 6) is -1.31. The van der Waals surface area contributed by atoms with Gasteiger partial charge in [0.1, 0.15) is 6.61 Å². The molecule has 0 aromatic heterocycles. The van der Waals surface area contributed by atoms with Gasteiger partial charge in [0, 0.05) is 24.9 Å². The molecular weight excluding hydrogens is 420 g/mol. The van der Waals surface area contributed by atoms with Crippen LogP contribution >= 0.6 is 0 Å². The van der Waals surface area contributed by atoms with Crippen LogP contribution in [0.25, 0.3) is 11.1 Å². The minimum atomic E-state index is -0.790. The number of hydrogen-bond donors (Lipinski definition) is 3. The molecule has 2 amide bonds. The fraction of sp³-hybridized carbons (Fsp3) is 0.423. The quantitative estimate of drug-likeness (QED) is 0.478. The van der Waals surface area contributed by atoms with Gasteiger partial charge in [0.25, 0.3) is 0 Å². The van der Waals surface area contributed by atoms with Crippen LogP contribution < -0.4 is 10.6 Å². The molecule has 3 N–H and O–H groups in total. The van der Waals surface area contributed by atoms with Crippen molar-refractivity contribution in [1.29, 1.82) is 0 Å². The van der Waals surface area contributed by atoms with Crippen molar-refractivity contribution < 1.29 is 24.2 Å². The predicted molar refractivity (Wildman–Crippen MR) is 124 cm³/mol. The fourth-order valence-electron chi connectivity index (χ4n) is 4.56. The first-order valence-electron chi connectivity index (χ1n) is 11.5. The van der Waals surface area contributed by atoms with Gasteiger partial charge in [-0.1, -0.05) is 55.5 Å². The molecule has 7 heteroatoms. The smallest absolute Gasteiger partial charge is 0.407 e. The lowest BCUT2D eigenvalue weighted by Gasteiger charge is -2.15. The first-order valence-corrected chi connectivity index (χ1v) is 11.5. The zero-order valence-corrected chi connectivity index (χ0v) is 18.8. The summed E-state index contributed by atoms with van der Waals surface area (Å²) in [7, 11) is 0. The van der Waals surface area contributed by atoms with E-state index in [1.54, 1.807) is 0 Å². The fourth-order valence-corrected chi connectivity index (χ4v) is 4.56. The molecule has 0 radical (unpaired) electrons. The van der Waals surface area contributed by atoms with Gasteiger partial charge in [-0.25, -0.2) is 4.79 Å². The Bertz CT molecular complexity index is 991. The van der Waals surface area contributed by atoms with E-state index in [1.165, 1.54) is 22.3 Å². The molecule has 33 heavy (non-hydrogen) atoms. The summed E-state index contributed by atoms with van der Waals surface area (Å²) in [4.78, 5) is 35.2. The molecule has 0 saturated heterocycles. The molecule has 0 bridgehead atoms. The molecule has 0 heterocycles. The Labute approximate surface area is 193 Å². The minimum Gasteiger partial charge on any atom is -0.481 e. The number of ether oxygens (including phenoxy) is 1. The molecule has 1 saturated carbocycles. The first-order chi connectivity index (χ1) is 16.0. The molecule has 174 valence electrons. The van der Waals surface area contributed by atoms with E-state index in [4.69, 9.17) is 9.84 Å². The van der Waals surface area contributed by atoms with Gasteiger partial charge in [0.05, 0.1) is 5.92 Å². The SMILES string of the molecule is CC(CCCNC(=O)OCC1c2ccccc2-c2ccccc21)C(=O)NC[C@@H]1C[C@@H]1C(=O)O. The highest BCUT2D eigenvalue weighted by atomic mass is 16.5. The Morgan fingerprint density at radius 1 is 1.03 bits per heavy atom. The Kier molecular flexibility index (Phi) is 6.96. The van der Waals surface area contributed by atoms with Crippen LogP contribution in [0.5, 0.6) is 0 Å². The van der Waals surface area contributed by atoms with Crippen LogP contribution in [0.4, 0.5) is 4.79 Å². The summed E-state index contributed by atoms with van der Waals surface area (Å²) in [5, 5.41) is 14.5. The van der Waals surface area contributed by atoms with Crippen LogP contribution in [-0.2, 0) is 14.3 Å². The van der Waals surface area contributed by atoms with Gasteiger partial charge in [-0.15, -0.1) is 0 Å². The highest BCUT2D eigenvalue weighted by Crippen LogP contribution is 2.44. The van der Waals surface area contributed by atoms with E-state index < -0.39 is 12.1 Å². The number of hydrogen-bond acceptors (Lipinski definition) is 4. The number of alkyl carbamates (subject to hydrolysis) is 1. The second-order valence-corrected chi connectivity index (χ2v) is 8.98. The highest BCUT2D eigenvalue weighted by molar-refractivity contribution is 5.79. The monoisotopic (exact) mass is 450 g/mol. The van der Waals surface area contributed by atoms with Crippen molar-refractivity contribution in [2.45, 2.75) is 32.1 Å². The second kappa shape index (κ2) is 10.1. The largest absolute Gasteiger partial charge is 0.481 e. The van der Waals surface area contributed by atoms with Crippen LogP contribution in [0.1, 0.15) is 43.2 Å². The van der Waals surface area contributed by atoms with Crippen LogP contribution in [0, 0.1) is 17.8 Å². The third-order valence-electron chi connectivity index (χ3n) is 6.65. The number of carboxylic acids is 1. The maximum atomic E-state index is 12.2. The molecule has 2 aromatic carbocycles. The molecule has 2 aliphatic carbocycles. The van der Waals surface area contributed by atoms with Crippen LogP contribution in [0.3, 0.4) is 0 Å². The van der Waals surface area contributed by atoms with Gasteiger partial charge in [-0.3, -0.25) is 9.59 Å². The number of aliphatic carboxylic acids is 1. The molecule has 1 unspecified atom stereocenters. The van der Waals surface area contributed by atoms with Crippen molar-refractivity contribution in [3.8, 4) is 11.1 Å². The van der Waals surface area contributed by atoms with E-state index in [2.05, 4.69) is 34.9 Å². The second-order valence-electron chi connectivity index (χ2n) is 8.98. The molecule has 7 nitrogen and oxygen atoms in total. The molecular formula is C26H30N2O5. The summed E-state index contributed by atoms with van der Waals surface area (Å²) < 4.78 is 5.52. The topological polar surface area (TPSA) is 105 Å². The zero-order valence-electron chi connectivity index (χ0n) is 18.8. The Morgan fingerprint density at radius 2 is 1.67 bits per heavy atom. The number of benzene rings is 2. The number of carboxylic acid groups (broad SMARTS) is 1. The van der Waals surface area contributed by atoms with Gasteiger partial charge >= 0.3 is 12.1 Å². The third kappa shape index (κ3) is 5.35. The molecule has 2 aliphatic rings. The van der Waals surface area contributed by atoms with Gasteiger partial charge in [-0.05, 0) is 47.4 Å². The summed E-state index contributed by atoms with van der Waals surface area (Å²) in [6.07, 6.45) is 1.46. The normalized spacial score (nSPS) is 19.2. The zero-order chi connectivity index (χ0) is 23.4. The number of carbonyl (C=O) groups is 3. The van der Waals surface area contributed by atoms with E-state index in [1.807, 2.05) is 31.2 Å². The number of amides is 2. The van der Waals surface area contributed by atoms with Crippen molar-refractivity contribution in [2.24, 2.45) is 17.8 Å². The lowest BCUT2D eigenvalue weighted by atomic mass is 9.98. The standard InChI is InChI=1S/C26H30N2O5/c1-16(24(29)28-14-17-13-22(17)25(30)31)7-6-12-27-26(32)33-15-23-20-10-4-2-8-18(20)19-9-3-5-11-21(19)23/h2-5,8-11,16-17,22-23H,6-7,12-15H2,1H3,(H,27,32)(H,28,29)(H,30,31)/t16?,17-,22-/m0/s1. The summed E-state index contributed by atoms with van der Waals surface area (Å²) >= 11 is 0. The summed E-state index contributed by atoms with van der Waals surface area (Å²) in [6.45, 7) is 2.96. The first kappa shape index (κ1) is 22.8. The van der Waals surface area contributed by atoms with Crippen LogP contribution in [0.15, 0.2) is 48.5 Å². The molecule has 0 spiro atoms. The van der Waals surface area contributed by atoms with Crippen molar-refractivity contribution in [3.63, 3.8) is 0 Å². The van der Waals surface area contributed by atoms with E-state index >= 15 is 0 Å². The van der Waals surface area contributed by atoms with E-state index in [0.717, 1.165) is 0 Å². The number of rotatable bonds is 10. The molecule has 0 aliphatic heterocycles. The summed E-state index contributed by atoms with van der Waals surface area (Å²) in [5.41, 5.74) is 4.73. The highest BCUT2D eigenvalue weighted by Gasteiger charge is 2.43. The van der Waals surface area contributed by atoms with Crippen LogP contribution in [0.2, 0.25) is 0 Å². The van der Waals surface area contributed by atoms with E-state index in [-0.39, 0.29) is 36.2 Å². The number of carbonyl (C=O) groups excluding carboxylic acids is 2. The molecule has 2 aromatic rings. The lowest BCUT2D eigenvalue weighted by molar-refractivity contribution is -0.139. The Balaban J connectivity index is 1.15. The Hall–Kier alpha value is -3.35. The molecule has 3 atom stereocenters. The van der Waals surface area contributed by atoms with Crippen LogP contribution in [-0.4, -0.2) is 42.8 Å². The predicted octanol–water partition coefficient (Wildman–Crippen LogP) is 3.78. The number of nitrogens with one attached hydrogen (secondary N) is 2. The molecule has 1 fully saturated rings. The molecule has 4 rings (SSSR count). The van der Waals surface area contributed by atoms with Crippen molar-refractivity contribution in [3.05, 3.63) is 59.7 Å². The maximum absolute atomic E-state index is 12.2. The maximum Gasteiger partial charge on any atom is 0.407 e. The summed E-state index contributed by atoms with van der Waals surface area (Å²) in [6, 6.07) is 16.4. The van der Waals surface area contributed by atoms with Crippen molar-refractivity contribution >= 4 is 18.0 Å². The third-order valence-corrected chi connectivity index (χ3v) is 6.65. The average Bonchev–Trinajstić information content (AvgIpc) is 3.54. The average molecular weight is 451 g/mol. The van der Waals surface area contributed by atoms with Gasteiger partial charge in [-0.2, -0.15) is 0 Å².